The molecule has 0 aliphatic rings. The van der Waals surface area contributed by atoms with Gasteiger partial charge in [-0.05, 0) is 46.3 Å². The van der Waals surface area contributed by atoms with Crippen molar-refractivity contribution in [2.45, 2.75) is 0 Å². The van der Waals surface area contributed by atoms with Crippen molar-refractivity contribution in [1.82, 2.24) is 0 Å². The van der Waals surface area contributed by atoms with Gasteiger partial charge < -0.3 is 9.73 Å². The van der Waals surface area contributed by atoms with Gasteiger partial charge in [-0.1, -0.05) is 0 Å². The third-order valence-electron chi connectivity index (χ3n) is 2.08. The maximum Gasteiger partial charge on any atom is 0.326 e. The first kappa shape index (κ1) is 12.2. The molecule has 18 heavy (non-hydrogen) atoms. The van der Waals surface area contributed by atoms with Crippen molar-refractivity contribution in [2.75, 3.05) is 10.6 Å². The zero-order chi connectivity index (χ0) is 13.0. The third kappa shape index (κ3) is 3.12. The molecular weight excluding hydrogens is 298 g/mol. The van der Waals surface area contributed by atoms with E-state index in [2.05, 4.69) is 26.6 Å². The molecule has 0 unspecified atom stereocenters. The summed E-state index contributed by atoms with van der Waals surface area (Å²) in [6.07, 6.45) is 0. The summed E-state index contributed by atoms with van der Waals surface area (Å²) < 4.78 is 5.67. The fraction of sp³-hybridized carbons (Fsp3) is 0. The first-order valence-corrected chi connectivity index (χ1v) is 5.80. The highest BCUT2D eigenvalue weighted by Crippen LogP contribution is 2.18. The summed E-state index contributed by atoms with van der Waals surface area (Å²) >= 11 is 3.14. The van der Waals surface area contributed by atoms with Gasteiger partial charge in [-0.3, -0.25) is 5.32 Å². The highest BCUT2D eigenvalue weighted by molar-refractivity contribution is 9.10. The minimum absolute atomic E-state index is 0.341. The van der Waals surface area contributed by atoms with Crippen LogP contribution in [0.5, 0.6) is 0 Å². The average molecular weight is 306 g/mol. The van der Waals surface area contributed by atoms with Crippen molar-refractivity contribution in [2.24, 2.45) is 0 Å². The summed E-state index contributed by atoms with van der Waals surface area (Å²) in [6, 6.07) is 11.4. The van der Waals surface area contributed by atoms with Crippen LogP contribution >= 0.6 is 15.9 Å². The Balaban J connectivity index is 1.96. The largest absolute Gasteiger partial charge is 0.434 e. The van der Waals surface area contributed by atoms with Gasteiger partial charge >= 0.3 is 6.03 Å². The standard InChI is InChI=1S/C12H8BrN3O2/c13-10-5-6-11(18-10)16-12(17)15-9-3-1-8(7-14)2-4-9/h1-6H,(H2,15,16,17). The smallest absolute Gasteiger partial charge is 0.326 e. The van der Waals surface area contributed by atoms with Gasteiger partial charge in [0.2, 0.25) is 5.88 Å². The van der Waals surface area contributed by atoms with Crippen LogP contribution in [0.25, 0.3) is 0 Å². The Morgan fingerprint density at radius 3 is 2.44 bits per heavy atom. The molecule has 0 aliphatic heterocycles. The molecule has 0 saturated carbocycles. The number of amides is 2. The van der Waals surface area contributed by atoms with Crippen molar-refractivity contribution in [1.29, 1.82) is 5.26 Å². The van der Waals surface area contributed by atoms with Crippen LogP contribution in [-0.2, 0) is 0 Å². The molecule has 0 aliphatic carbocycles. The van der Waals surface area contributed by atoms with E-state index in [9.17, 15) is 4.79 Å². The first-order chi connectivity index (χ1) is 8.67. The fourth-order valence-electron chi connectivity index (χ4n) is 1.28. The molecule has 1 heterocycles. The molecule has 1 aromatic carbocycles. The number of halogens is 1. The fourth-order valence-corrected chi connectivity index (χ4v) is 1.59. The molecule has 1 aromatic heterocycles. The van der Waals surface area contributed by atoms with Gasteiger partial charge in [0.25, 0.3) is 0 Å². The van der Waals surface area contributed by atoms with Crippen molar-refractivity contribution < 1.29 is 9.21 Å². The Hall–Kier alpha value is -2.26. The molecule has 2 rings (SSSR count). The summed E-state index contributed by atoms with van der Waals surface area (Å²) in [4.78, 5) is 11.6. The first-order valence-electron chi connectivity index (χ1n) is 5.01. The van der Waals surface area contributed by atoms with Gasteiger partial charge in [-0.2, -0.15) is 5.26 Å². The molecule has 6 heteroatoms. The third-order valence-corrected chi connectivity index (χ3v) is 2.51. The van der Waals surface area contributed by atoms with Gasteiger partial charge in [0.15, 0.2) is 4.67 Å². The molecule has 0 fully saturated rings. The summed E-state index contributed by atoms with van der Waals surface area (Å²) in [5.41, 5.74) is 1.13. The topological polar surface area (TPSA) is 78.1 Å². The quantitative estimate of drug-likeness (QED) is 0.890. The molecule has 0 atom stereocenters. The van der Waals surface area contributed by atoms with Crippen LogP contribution in [-0.4, -0.2) is 6.03 Å². The second kappa shape index (κ2) is 5.38. The van der Waals surface area contributed by atoms with Crippen LogP contribution in [0.4, 0.5) is 16.4 Å². The van der Waals surface area contributed by atoms with E-state index < -0.39 is 6.03 Å². The number of nitriles is 1. The predicted molar refractivity (Wildman–Crippen MR) is 70.2 cm³/mol. The van der Waals surface area contributed by atoms with Crippen LogP contribution in [0.3, 0.4) is 0 Å². The number of benzene rings is 1. The van der Waals surface area contributed by atoms with Gasteiger partial charge in [0, 0.05) is 11.8 Å². The SMILES string of the molecule is N#Cc1ccc(NC(=O)Nc2ccc(Br)o2)cc1. The van der Waals surface area contributed by atoms with E-state index in [0.29, 0.717) is 21.8 Å². The molecule has 0 radical (unpaired) electrons. The number of furan rings is 1. The van der Waals surface area contributed by atoms with E-state index in [-0.39, 0.29) is 0 Å². The van der Waals surface area contributed by atoms with E-state index in [1.54, 1.807) is 36.4 Å². The summed E-state index contributed by atoms with van der Waals surface area (Å²) in [5.74, 6) is 0.341. The Labute approximate surface area is 112 Å². The van der Waals surface area contributed by atoms with Crippen molar-refractivity contribution in [3.8, 4) is 6.07 Å². The Morgan fingerprint density at radius 1 is 1.17 bits per heavy atom. The number of carbonyl (C=O) groups excluding carboxylic acids is 1. The predicted octanol–water partition coefficient (Wildman–Crippen LogP) is 3.56. The second-order valence-corrected chi connectivity index (χ2v) is 4.15. The molecule has 0 saturated heterocycles. The number of carbonyl (C=O) groups is 1. The highest BCUT2D eigenvalue weighted by atomic mass is 79.9. The minimum Gasteiger partial charge on any atom is -0.434 e. The van der Waals surface area contributed by atoms with E-state index in [1.807, 2.05) is 6.07 Å². The Morgan fingerprint density at radius 2 is 1.89 bits per heavy atom. The van der Waals surface area contributed by atoms with E-state index in [1.165, 1.54) is 0 Å². The van der Waals surface area contributed by atoms with E-state index >= 15 is 0 Å². The number of nitrogens with zero attached hydrogens (tertiary/aromatic N) is 1. The highest BCUT2D eigenvalue weighted by Gasteiger charge is 2.05. The number of anilines is 2. The molecule has 2 aromatic rings. The normalized spacial score (nSPS) is 9.56. The van der Waals surface area contributed by atoms with E-state index in [4.69, 9.17) is 9.68 Å². The summed E-state index contributed by atoms with van der Waals surface area (Å²) in [6.45, 7) is 0. The molecule has 90 valence electrons. The number of hydrogen-bond donors (Lipinski definition) is 2. The van der Waals surface area contributed by atoms with Gasteiger partial charge in [-0.25, -0.2) is 4.79 Å². The minimum atomic E-state index is -0.415. The van der Waals surface area contributed by atoms with Gasteiger partial charge in [0.1, 0.15) is 0 Å². The lowest BCUT2D eigenvalue weighted by Crippen LogP contribution is -2.18. The number of hydrogen-bond acceptors (Lipinski definition) is 3. The zero-order valence-electron chi connectivity index (χ0n) is 9.11. The Bertz CT molecular complexity index is 599. The maximum atomic E-state index is 11.6. The van der Waals surface area contributed by atoms with Crippen molar-refractivity contribution >= 4 is 33.5 Å². The number of nitrogens with one attached hydrogen (secondary N) is 2. The Kier molecular flexibility index (Phi) is 3.65. The van der Waals surface area contributed by atoms with Crippen LogP contribution < -0.4 is 10.6 Å². The molecule has 2 amide bonds. The average Bonchev–Trinajstić information content (AvgIpc) is 2.75. The van der Waals surface area contributed by atoms with E-state index in [0.717, 1.165) is 0 Å². The number of rotatable bonds is 2. The maximum absolute atomic E-state index is 11.6. The van der Waals surface area contributed by atoms with Crippen LogP contribution in [0, 0.1) is 11.3 Å². The molecule has 0 bridgehead atoms. The molecule has 2 N–H and O–H groups in total. The van der Waals surface area contributed by atoms with Crippen LogP contribution in [0.15, 0.2) is 45.5 Å². The monoisotopic (exact) mass is 305 g/mol. The lowest BCUT2D eigenvalue weighted by molar-refractivity contribution is 0.261. The molecular formula is C12H8BrN3O2. The van der Waals surface area contributed by atoms with Crippen LogP contribution in [0.1, 0.15) is 5.56 Å². The van der Waals surface area contributed by atoms with Crippen LogP contribution in [0.2, 0.25) is 0 Å². The van der Waals surface area contributed by atoms with Gasteiger partial charge in [0.05, 0.1) is 11.6 Å². The molecule has 5 nitrogen and oxygen atoms in total. The van der Waals surface area contributed by atoms with Crippen molar-refractivity contribution in [3.63, 3.8) is 0 Å². The van der Waals surface area contributed by atoms with Gasteiger partial charge in [-0.15, -0.1) is 0 Å². The van der Waals surface area contributed by atoms with Crippen molar-refractivity contribution in [3.05, 3.63) is 46.6 Å². The second-order valence-electron chi connectivity index (χ2n) is 3.37. The lowest BCUT2D eigenvalue weighted by Gasteiger charge is -2.05. The summed E-state index contributed by atoms with van der Waals surface area (Å²) in [5, 5.41) is 13.8. The summed E-state index contributed by atoms with van der Waals surface area (Å²) in [7, 11) is 0. The lowest BCUT2D eigenvalue weighted by atomic mass is 10.2. The zero-order valence-corrected chi connectivity index (χ0v) is 10.7. The number of urea groups is 1. The molecule has 0 spiro atoms.